The second-order valence-corrected chi connectivity index (χ2v) is 4.61. The topological polar surface area (TPSA) is 71.1 Å². The Balaban J connectivity index is 1.79. The molecule has 2 unspecified atom stereocenters. The van der Waals surface area contributed by atoms with Crippen molar-refractivity contribution < 1.29 is 9.53 Å². The molecule has 0 bridgehead atoms. The minimum Gasteiger partial charge on any atom is -0.374 e. The summed E-state index contributed by atoms with van der Waals surface area (Å²) in [7, 11) is 0. The highest BCUT2D eigenvalue weighted by molar-refractivity contribution is 5.92. The second-order valence-electron chi connectivity index (χ2n) is 4.61. The molecule has 0 radical (unpaired) electrons. The van der Waals surface area contributed by atoms with Gasteiger partial charge in [0.2, 0.25) is 0 Å². The van der Waals surface area contributed by atoms with E-state index in [9.17, 15) is 4.79 Å². The van der Waals surface area contributed by atoms with E-state index in [1.54, 1.807) is 0 Å². The molecule has 1 aromatic heterocycles. The number of morpholine rings is 1. The van der Waals surface area contributed by atoms with Crippen LogP contribution in [0.1, 0.15) is 36.2 Å². The molecule has 1 amide bonds. The van der Waals surface area contributed by atoms with Crippen LogP contribution < -0.4 is 0 Å². The summed E-state index contributed by atoms with van der Waals surface area (Å²) in [6.07, 6.45) is 6.17. The molecular weight excluding hydrogens is 220 g/mol. The molecule has 2 atom stereocenters. The Morgan fingerprint density at radius 2 is 2.35 bits per heavy atom. The first-order valence-corrected chi connectivity index (χ1v) is 6.14. The molecule has 3 rings (SSSR count). The highest BCUT2D eigenvalue weighted by Gasteiger charge is 2.37. The van der Waals surface area contributed by atoms with Gasteiger partial charge in [-0.2, -0.15) is 15.4 Å². The molecule has 1 saturated heterocycles. The fraction of sp³-hybridized carbons (Fsp3) is 0.727. The predicted molar refractivity (Wildman–Crippen MR) is 59.4 cm³/mol. The molecule has 6 heteroatoms. The van der Waals surface area contributed by atoms with E-state index in [2.05, 4.69) is 15.4 Å². The van der Waals surface area contributed by atoms with Gasteiger partial charge in [0.25, 0.3) is 5.91 Å². The van der Waals surface area contributed by atoms with Crippen LogP contribution in [0.25, 0.3) is 0 Å². The Morgan fingerprint density at radius 1 is 1.47 bits per heavy atom. The molecular formula is C11H16N4O2. The van der Waals surface area contributed by atoms with Crippen molar-refractivity contribution in [3.8, 4) is 0 Å². The molecule has 2 heterocycles. The van der Waals surface area contributed by atoms with Crippen molar-refractivity contribution in [1.29, 1.82) is 0 Å². The first-order chi connectivity index (χ1) is 8.36. The van der Waals surface area contributed by atoms with Crippen molar-refractivity contribution in [3.05, 3.63) is 11.9 Å². The van der Waals surface area contributed by atoms with Crippen molar-refractivity contribution in [2.24, 2.45) is 0 Å². The van der Waals surface area contributed by atoms with E-state index in [0.29, 0.717) is 18.8 Å². The Bertz CT molecular complexity index is 390. The number of ether oxygens (including phenoxy) is 1. The lowest BCUT2D eigenvalue weighted by Crippen LogP contribution is -2.54. The third kappa shape index (κ3) is 1.93. The quantitative estimate of drug-likeness (QED) is 0.774. The Kier molecular flexibility index (Phi) is 2.80. The van der Waals surface area contributed by atoms with E-state index in [-0.39, 0.29) is 18.1 Å². The number of carbonyl (C=O) groups is 1. The van der Waals surface area contributed by atoms with Crippen LogP contribution in [0.15, 0.2) is 6.20 Å². The van der Waals surface area contributed by atoms with Gasteiger partial charge in [-0.3, -0.25) is 4.79 Å². The number of aromatic nitrogens is 3. The lowest BCUT2D eigenvalue weighted by atomic mass is 9.90. The largest absolute Gasteiger partial charge is 0.374 e. The third-order valence-corrected chi connectivity index (χ3v) is 3.63. The van der Waals surface area contributed by atoms with Crippen LogP contribution in [0.3, 0.4) is 0 Å². The van der Waals surface area contributed by atoms with E-state index in [1.807, 2.05) is 4.90 Å². The molecule has 0 spiro atoms. The zero-order chi connectivity index (χ0) is 11.7. The molecule has 1 aliphatic heterocycles. The molecule has 1 aliphatic carbocycles. The van der Waals surface area contributed by atoms with Crippen LogP contribution in [0.4, 0.5) is 0 Å². The number of rotatable bonds is 1. The predicted octanol–water partition coefficient (Wildman–Crippen LogP) is 0.588. The van der Waals surface area contributed by atoms with Crippen LogP contribution >= 0.6 is 0 Å². The van der Waals surface area contributed by atoms with Crippen molar-refractivity contribution in [2.45, 2.75) is 37.8 Å². The number of nitrogens with one attached hydrogen (secondary N) is 1. The molecule has 1 aromatic rings. The smallest absolute Gasteiger partial charge is 0.276 e. The Morgan fingerprint density at radius 3 is 3.18 bits per heavy atom. The molecule has 2 aliphatic rings. The summed E-state index contributed by atoms with van der Waals surface area (Å²) in [5.41, 5.74) is 0.399. The average Bonchev–Trinajstić information content (AvgIpc) is 2.91. The average molecular weight is 236 g/mol. The SMILES string of the molecule is O=C(c1cn[nH]n1)N1CCOC2CCCCC21. The van der Waals surface area contributed by atoms with E-state index >= 15 is 0 Å². The molecule has 2 fully saturated rings. The van der Waals surface area contributed by atoms with Gasteiger partial charge in [-0.25, -0.2) is 0 Å². The lowest BCUT2D eigenvalue weighted by Gasteiger charge is -2.43. The molecule has 0 aromatic carbocycles. The monoisotopic (exact) mass is 236 g/mol. The molecule has 92 valence electrons. The molecule has 1 N–H and O–H groups in total. The van der Waals surface area contributed by atoms with E-state index in [0.717, 1.165) is 12.8 Å². The van der Waals surface area contributed by atoms with Gasteiger partial charge >= 0.3 is 0 Å². The normalized spacial score (nSPS) is 28.8. The van der Waals surface area contributed by atoms with Gasteiger partial charge in [-0.15, -0.1) is 0 Å². The molecule has 17 heavy (non-hydrogen) atoms. The van der Waals surface area contributed by atoms with Gasteiger partial charge in [0.1, 0.15) is 0 Å². The number of amides is 1. The summed E-state index contributed by atoms with van der Waals surface area (Å²) < 4.78 is 5.74. The van der Waals surface area contributed by atoms with Crippen molar-refractivity contribution in [2.75, 3.05) is 13.2 Å². The van der Waals surface area contributed by atoms with Crippen LogP contribution in [0.2, 0.25) is 0 Å². The van der Waals surface area contributed by atoms with Gasteiger partial charge in [-0.1, -0.05) is 12.8 Å². The lowest BCUT2D eigenvalue weighted by molar-refractivity contribution is -0.0754. The zero-order valence-corrected chi connectivity index (χ0v) is 9.63. The number of carbonyl (C=O) groups excluding carboxylic acids is 1. The van der Waals surface area contributed by atoms with E-state index in [4.69, 9.17) is 4.74 Å². The maximum atomic E-state index is 12.3. The summed E-state index contributed by atoms with van der Waals surface area (Å²) in [5.74, 6) is -0.0287. The maximum absolute atomic E-state index is 12.3. The first kappa shape index (κ1) is 10.7. The van der Waals surface area contributed by atoms with Crippen LogP contribution in [-0.4, -0.2) is 51.5 Å². The van der Waals surface area contributed by atoms with Crippen molar-refractivity contribution in [3.63, 3.8) is 0 Å². The highest BCUT2D eigenvalue weighted by atomic mass is 16.5. The van der Waals surface area contributed by atoms with Gasteiger partial charge < -0.3 is 9.64 Å². The molecule has 6 nitrogen and oxygen atoms in total. The van der Waals surface area contributed by atoms with Crippen LogP contribution in [-0.2, 0) is 4.74 Å². The number of hydrogen-bond acceptors (Lipinski definition) is 4. The summed E-state index contributed by atoms with van der Waals surface area (Å²) >= 11 is 0. The standard InChI is InChI=1S/C11H16N4O2/c16-11(8-7-12-14-13-8)15-5-6-17-10-4-2-1-3-9(10)15/h7,9-10H,1-6H2,(H,12,13,14). The fourth-order valence-corrected chi connectivity index (χ4v) is 2.80. The van der Waals surface area contributed by atoms with E-state index < -0.39 is 0 Å². The Hall–Kier alpha value is -1.43. The highest BCUT2D eigenvalue weighted by Crippen LogP contribution is 2.29. The summed E-state index contributed by atoms with van der Waals surface area (Å²) in [5, 5.41) is 10.0. The number of hydrogen-bond donors (Lipinski definition) is 1. The van der Waals surface area contributed by atoms with Gasteiger partial charge in [-0.05, 0) is 12.8 Å². The second kappa shape index (κ2) is 4.44. The van der Waals surface area contributed by atoms with Gasteiger partial charge in [0.15, 0.2) is 5.69 Å². The minimum absolute atomic E-state index is 0.0287. The minimum atomic E-state index is -0.0287. The number of fused-ring (bicyclic) bond motifs is 1. The maximum Gasteiger partial charge on any atom is 0.276 e. The van der Waals surface area contributed by atoms with Crippen LogP contribution in [0, 0.1) is 0 Å². The Labute approximate surface area is 99.3 Å². The van der Waals surface area contributed by atoms with Crippen molar-refractivity contribution in [1.82, 2.24) is 20.3 Å². The van der Waals surface area contributed by atoms with Gasteiger partial charge in [0.05, 0.1) is 24.9 Å². The first-order valence-electron chi connectivity index (χ1n) is 6.14. The summed E-state index contributed by atoms with van der Waals surface area (Å²) in [4.78, 5) is 14.2. The van der Waals surface area contributed by atoms with Crippen LogP contribution in [0.5, 0.6) is 0 Å². The zero-order valence-electron chi connectivity index (χ0n) is 9.63. The molecule has 1 saturated carbocycles. The van der Waals surface area contributed by atoms with Crippen molar-refractivity contribution >= 4 is 5.91 Å². The fourth-order valence-electron chi connectivity index (χ4n) is 2.80. The number of nitrogens with zero attached hydrogens (tertiary/aromatic N) is 3. The van der Waals surface area contributed by atoms with Gasteiger partial charge in [0, 0.05) is 6.54 Å². The summed E-state index contributed by atoms with van der Waals surface area (Å²) in [6, 6.07) is 0.224. The van der Waals surface area contributed by atoms with E-state index in [1.165, 1.54) is 19.0 Å². The number of H-pyrrole nitrogens is 1. The number of aromatic amines is 1. The summed E-state index contributed by atoms with van der Waals surface area (Å²) in [6.45, 7) is 1.29. The third-order valence-electron chi connectivity index (χ3n) is 3.63.